The van der Waals surface area contributed by atoms with Gasteiger partial charge in [-0.25, -0.2) is 4.79 Å². The summed E-state index contributed by atoms with van der Waals surface area (Å²) >= 11 is 6.39. The molecule has 1 aliphatic carbocycles. The number of rotatable bonds is 6. The van der Waals surface area contributed by atoms with Crippen LogP contribution >= 0.6 is 11.6 Å². The Labute approximate surface area is 194 Å². The van der Waals surface area contributed by atoms with Gasteiger partial charge in [-0.05, 0) is 18.6 Å². The fourth-order valence-corrected chi connectivity index (χ4v) is 4.40. The molecule has 10 heteroatoms. The minimum Gasteiger partial charge on any atom is -0.496 e. The average molecular weight is 476 g/mol. The second-order valence-corrected chi connectivity index (χ2v) is 8.09. The Morgan fingerprint density at radius 3 is 2.58 bits per heavy atom. The summed E-state index contributed by atoms with van der Waals surface area (Å²) in [4.78, 5) is 38.3. The standard InChI is InChI=1S/C23H22ClNO8/c1-11-7-12(25-10-13-5-6-14(32-13)22(28)31-4)8-17(26)23(11)21(27)18-15(29-2)9-16(30-3)19(24)20(18)33-23/h5-6,8-9,11,25H,7,10H2,1-4H3/t11-,23+/m1/s1. The van der Waals surface area contributed by atoms with Crippen LogP contribution in [0.4, 0.5) is 0 Å². The molecule has 0 saturated carbocycles. The second kappa shape index (κ2) is 8.47. The summed E-state index contributed by atoms with van der Waals surface area (Å²) in [5, 5.41) is 3.22. The zero-order valence-electron chi connectivity index (χ0n) is 18.4. The van der Waals surface area contributed by atoms with Crippen molar-refractivity contribution < 1.29 is 37.7 Å². The van der Waals surface area contributed by atoms with Crippen LogP contribution in [0.1, 0.15) is 40.0 Å². The number of halogens is 1. The summed E-state index contributed by atoms with van der Waals surface area (Å²) in [6, 6.07) is 4.64. The molecule has 2 aliphatic rings. The van der Waals surface area contributed by atoms with Crippen molar-refractivity contribution in [3.8, 4) is 17.2 Å². The Balaban J connectivity index is 1.59. The van der Waals surface area contributed by atoms with Gasteiger partial charge in [-0.15, -0.1) is 0 Å². The number of benzene rings is 1. The average Bonchev–Trinajstić information content (AvgIpc) is 3.40. The summed E-state index contributed by atoms with van der Waals surface area (Å²) in [7, 11) is 4.11. The van der Waals surface area contributed by atoms with Crippen LogP contribution in [0.2, 0.25) is 5.02 Å². The highest BCUT2D eigenvalue weighted by Crippen LogP contribution is 2.52. The van der Waals surface area contributed by atoms with Crippen molar-refractivity contribution in [1.29, 1.82) is 0 Å². The molecule has 1 aromatic carbocycles. The molecule has 9 nitrogen and oxygen atoms in total. The number of hydrogen-bond acceptors (Lipinski definition) is 9. The number of hydrogen-bond donors (Lipinski definition) is 1. The Kier molecular flexibility index (Phi) is 5.84. The third-order valence-corrected chi connectivity index (χ3v) is 6.21. The molecule has 1 aromatic heterocycles. The van der Waals surface area contributed by atoms with Crippen LogP contribution in [0.5, 0.6) is 17.2 Å². The highest BCUT2D eigenvalue weighted by atomic mass is 35.5. The van der Waals surface area contributed by atoms with Crippen molar-refractivity contribution in [3.05, 3.63) is 52.1 Å². The number of methoxy groups -OCH3 is 3. The van der Waals surface area contributed by atoms with Crippen molar-refractivity contribution in [2.75, 3.05) is 21.3 Å². The predicted molar refractivity (Wildman–Crippen MR) is 116 cm³/mol. The summed E-state index contributed by atoms with van der Waals surface area (Å²) in [5.74, 6) is -0.945. The normalized spacial score (nSPS) is 21.4. The number of Topliss-reactive ketones (excluding diaryl/α,β-unsaturated/α-hetero) is 1. The number of ether oxygens (including phenoxy) is 4. The number of carbonyl (C=O) groups is 3. The summed E-state index contributed by atoms with van der Waals surface area (Å²) in [6.45, 7) is 2.00. The number of fused-ring (bicyclic) bond motifs is 1. The molecule has 4 rings (SSSR count). The van der Waals surface area contributed by atoms with Crippen LogP contribution in [0, 0.1) is 5.92 Å². The van der Waals surface area contributed by atoms with Crippen LogP contribution in [-0.2, 0) is 16.1 Å². The van der Waals surface area contributed by atoms with Crippen LogP contribution in [0.25, 0.3) is 0 Å². The summed E-state index contributed by atoms with van der Waals surface area (Å²) in [6.07, 6.45) is 1.71. The summed E-state index contributed by atoms with van der Waals surface area (Å²) < 4.78 is 26.6. The van der Waals surface area contributed by atoms with Crippen LogP contribution in [-0.4, -0.2) is 44.5 Å². The van der Waals surface area contributed by atoms with Crippen molar-refractivity contribution >= 4 is 29.1 Å². The van der Waals surface area contributed by atoms with E-state index in [2.05, 4.69) is 10.1 Å². The van der Waals surface area contributed by atoms with Crippen LogP contribution in [0.3, 0.4) is 0 Å². The molecule has 1 aliphatic heterocycles. The van der Waals surface area contributed by atoms with Crippen molar-refractivity contribution in [2.24, 2.45) is 5.92 Å². The van der Waals surface area contributed by atoms with Crippen LogP contribution < -0.4 is 19.5 Å². The molecular formula is C23H22ClNO8. The maximum atomic E-state index is 13.5. The van der Waals surface area contributed by atoms with Gasteiger partial charge in [-0.2, -0.15) is 0 Å². The zero-order chi connectivity index (χ0) is 23.9. The monoisotopic (exact) mass is 475 g/mol. The molecular weight excluding hydrogens is 454 g/mol. The highest BCUT2D eigenvalue weighted by molar-refractivity contribution is 6.36. The van der Waals surface area contributed by atoms with Gasteiger partial charge in [-0.1, -0.05) is 18.5 Å². The number of esters is 1. The van der Waals surface area contributed by atoms with E-state index in [4.69, 9.17) is 30.2 Å². The minimum atomic E-state index is -1.74. The number of allylic oxidation sites excluding steroid dienone is 1. The van der Waals surface area contributed by atoms with Gasteiger partial charge in [0.25, 0.3) is 0 Å². The predicted octanol–water partition coefficient (Wildman–Crippen LogP) is 3.33. The van der Waals surface area contributed by atoms with E-state index < -0.39 is 29.1 Å². The van der Waals surface area contributed by atoms with Gasteiger partial charge in [0.1, 0.15) is 27.8 Å². The van der Waals surface area contributed by atoms with Crippen LogP contribution in [0.15, 0.2) is 34.4 Å². The lowest BCUT2D eigenvalue weighted by Gasteiger charge is -2.35. The molecule has 1 spiro atoms. The van der Waals surface area contributed by atoms with E-state index in [-0.39, 0.29) is 40.1 Å². The lowest BCUT2D eigenvalue weighted by molar-refractivity contribution is -0.129. The van der Waals surface area contributed by atoms with Gasteiger partial charge in [0.15, 0.2) is 5.75 Å². The first-order valence-electron chi connectivity index (χ1n) is 10.1. The minimum absolute atomic E-state index is 0.0776. The smallest absolute Gasteiger partial charge is 0.373 e. The van der Waals surface area contributed by atoms with E-state index in [1.54, 1.807) is 13.0 Å². The molecule has 174 valence electrons. The molecule has 2 aromatic rings. The Morgan fingerprint density at radius 1 is 1.21 bits per heavy atom. The highest BCUT2D eigenvalue weighted by Gasteiger charge is 2.60. The molecule has 1 N–H and O–H groups in total. The molecule has 0 saturated heterocycles. The SMILES string of the molecule is COC(=O)c1ccc(CNC2=CC(=O)[C@@]3(Oc4c(Cl)c(OC)cc(OC)c4C3=O)[C@H](C)C2)o1. The van der Waals surface area contributed by atoms with E-state index in [0.29, 0.717) is 17.9 Å². The van der Waals surface area contributed by atoms with E-state index in [9.17, 15) is 14.4 Å². The number of nitrogens with one attached hydrogen (secondary N) is 1. The molecule has 0 radical (unpaired) electrons. The van der Waals surface area contributed by atoms with E-state index >= 15 is 0 Å². The number of carbonyl (C=O) groups excluding carboxylic acids is 3. The van der Waals surface area contributed by atoms with Gasteiger partial charge in [0.05, 0.1) is 27.9 Å². The lowest BCUT2D eigenvalue weighted by Crippen LogP contribution is -2.55. The van der Waals surface area contributed by atoms with Crippen molar-refractivity contribution in [2.45, 2.75) is 25.5 Å². The maximum Gasteiger partial charge on any atom is 0.373 e. The van der Waals surface area contributed by atoms with Crippen molar-refractivity contribution in [3.63, 3.8) is 0 Å². The Hall–Kier alpha value is -3.46. The summed E-state index contributed by atoms with van der Waals surface area (Å²) in [5.41, 5.74) is -1.00. The lowest BCUT2D eigenvalue weighted by atomic mass is 9.74. The van der Waals surface area contributed by atoms with E-state index in [1.165, 1.54) is 39.5 Å². The van der Waals surface area contributed by atoms with Gasteiger partial charge >= 0.3 is 5.97 Å². The van der Waals surface area contributed by atoms with E-state index in [0.717, 1.165) is 0 Å². The van der Waals surface area contributed by atoms with Gasteiger partial charge in [0.2, 0.25) is 22.9 Å². The first-order chi connectivity index (χ1) is 15.8. The first kappa shape index (κ1) is 22.7. The largest absolute Gasteiger partial charge is 0.496 e. The first-order valence-corrected chi connectivity index (χ1v) is 10.5. The zero-order valence-corrected chi connectivity index (χ0v) is 19.2. The fraction of sp³-hybridized carbons (Fsp3) is 0.348. The maximum absolute atomic E-state index is 13.5. The molecule has 2 atom stereocenters. The molecule has 0 fully saturated rings. The van der Waals surface area contributed by atoms with E-state index in [1.807, 2.05) is 0 Å². The van der Waals surface area contributed by atoms with Gasteiger partial charge < -0.3 is 28.7 Å². The Morgan fingerprint density at radius 2 is 1.94 bits per heavy atom. The number of ketones is 2. The molecule has 33 heavy (non-hydrogen) atoms. The third kappa shape index (κ3) is 3.52. The quantitative estimate of drug-likeness (QED) is 0.496. The van der Waals surface area contributed by atoms with Gasteiger partial charge in [-0.3, -0.25) is 9.59 Å². The Bertz CT molecular complexity index is 1180. The fourth-order valence-electron chi connectivity index (χ4n) is 4.14. The molecule has 0 bridgehead atoms. The second-order valence-electron chi connectivity index (χ2n) is 7.72. The topological polar surface area (TPSA) is 113 Å². The van der Waals surface area contributed by atoms with Gasteiger partial charge in [0, 0.05) is 23.8 Å². The number of furan rings is 1. The third-order valence-electron chi connectivity index (χ3n) is 5.85. The molecule has 0 unspecified atom stereocenters. The molecule has 2 heterocycles. The van der Waals surface area contributed by atoms with Crippen molar-refractivity contribution in [1.82, 2.24) is 5.32 Å². The molecule has 0 amide bonds.